The van der Waals surface area contributed by atoms with Gasteiger partial charge in [0.05, 0.1) is 12.5 Å². The number of carboxylic acid groups (broad SMARTS) is 1. The molecule has 0 spiro atoms. The van der Waals surface area contributed by atoms with Crippen LogP contribution < -0.4 is 0 Å². The fourth-order valence-corrected chi connectivity index (χ4v) is 2.97. The van der Waals surface area contributed by atoms with Crippen molar-refractivity contribution in [3.63, 3.8) is 0 Å². The van der Waals surface area contributed by atoms with E-state index in [2.05, 4.69) is 6.07 Å². The van der Waals surface area contributed by atoms with E-state index in [1.807, 2.05) is 9.80 Å². The van der Waals surface area contributed by atoms with Crippen molar-refractivity contribution in [2.45, 2.75) is 51.0 Å². The van der Waals surface area contributed by atoms with E-state index in [0.29, 0.717) is 32.0 Å². The van der Waals surface area contributed by atoms with Gasteiger partial charge in [0.15, 0.2) is 0 Å². The zero-order valence-corrected chi connectivity index (χ0v) is 12.3. The molecule has 0 bridgehead atoms. The van der Waals surface area contributed by atoms with E-state index in [1.165, 1.54) is 0 Å². The number of carbonyl (C=O) groups is 2. The maximum absolute atomic E-state index is 12.6. The monoisotopic (exact) mass is 293 g/mol. The van der Waals surface area contributed by atoms with Gasteiger partial charge in [-0.1, -0.05) is 0 Å². The molecule has 1 heterocycles. The van der Waals surface area contributed by atoms with Gasteiger partial charge in [-0.25, -0.2) is 4.79 Å². The van der Waals surface area contributed by atoms with E-state index < -0.39 is 5.97 Å². The molecular weight excluding hydrogens is 270 g/mol. The second-order valence-electron chi connectivity index (χ2n) is 6.00. The van der Waals surface area contributed by atoms with Gasteiger partial charge >= 0.3 is 12.0 Å². The minimum atomic E-state index is -0.771. The summed E-state index contributed by atoms with van der Waals surface area (Å²) in [4.78, 5) is 26.9. The normalized spacial score (nSPS) is 21.7. The fourth-order valence-electron chi connectivity index (χ4n) is 2.97. The zero-order chi connectivity index (χ0) is 15.2. The molecule has 0 aromatic heterocycles. The van der Waals surface area contributed by atoms with Gasteiger partial charge in [0, 0.05) is 32.1 Å². The maximum atomic E-state index is 12.6. The molecule has 0 aromatic carbocycles. The topological polar surface area (TPSA) is 84.6 Å². The second kappa shape index (κ2) is 7.30. The Bertz CT molecular complexity index is 428. The summed E-state index contributed by atoms with van der Waals surface area (Å²) in [6, 6.07) is 2.45. The van der Waals surface area contributed by atoms with E-state index in [0.717, 1.165) is 32.2 Å². The van der Waals surface area contributed by atoms with E-state index >= 15 is 0 Å². The van der Waals surface area contributed by atoms with Gasteiger partial charge in [-0.3, -0.25) is 4.79 Å². The quantitative estimate of drug-likeness (QED) is 0.812. The first-order valence-electron chi connectivity index (χ1n) is 7.76. The highest BCUT2D eigenvalue weighted by Gasteiger charge is 2.35. The average Bonchev–Trinajstić information content (AvgIpc) is 3.30. The Hall–Kier alpha value is -1.77. The number of hydrogen-bond donors (Lipinski definition) is 1. The Morgan fingerprint density at radius 2 is 2.10 bits per heavy atom. The lowest BCUT2D eigenvalue weighted by Gasteiger charge is -2.36. The van der Waals surface area contributed by atoms with Gasteiger partial charge in [-0.15, -0.1) is 0 Å². The molecule has 1 saturated carbocycles. The number of urea groups is 1. The van der Waals surface area contributed by atoms with Crippen molar-refractivity contribution < 1.29 is 14.7 Å². The lowest BCUT2D eigenvalue weighted by Crippen LogP contribution is -2.48. The van der Waals surface area contributed by atoms with Gasteiger partial charge in [-0.2, -0.15) is 5.26 Å². The predicted octanol–water partition coefficient (Wildman–Crippen LogP) is 2.06. The Labute approximate surface area is 125 Å². The van der Waals surface area contributed by atoms with Crippen LogP contribution in [0.25, 0.3) is 0 Å². The number of hydrogen-bond acceptors (Lipinski definition) is 3. The van der Waals surface area contributed by atoms with Crippen molar-refractivity contribution in [3.05, 3.63) is 0 Å². The average molecular weight is 293 g/mol. The molecule has 21 heavy (non-hydrogen) atoms. The van der Waals surface area contributed by atoms with Gasteiger partial charge in [0.1, 0.15) is 0 Å². The van der Waals surface area contributed by atoms with Gasteiger partial charge in [-0.05, 0) is 38.0 Å². The van der Waals surface area contributed by atoms with Crippen molar-refractivity contribution >= 4 is 12.0 Å². The molecule has 0 aromatic rings. The van der Waals surface area contributed by atoms with Crippen LogP contribution >= 0.6 is 0 Å². The fraction of sp³-hybridized carbons (Fsp3) is 0.800. The van der Waals surface area contributed by atoms with Crippen LogP contribution in [0.4, 0.5) is 4.79 Å². The summed E-state index contributed by atoms with van der Waals surface area (Å²) in [7, 11) is 0. The highest BCUT2D eigenvalue weighted by molar-refractivity contribution is 5.75. The third-order valence-corrected chi connectivity index (χ3v) is 4.25. The molecule has 0 radical (unpaired) electrons. The molecule has 1 aliphatic heterocycles. The molecule has 2 aliphatic rings. The third kappa shape index (κ3) is 4.62. The second-order valence-corrected chi connectivity index (χ2v) is 6.00. The molecule has 2 rings (SSSR count). The largest absolute Gasteiger partial charge is 0.481 e. The molecule has 1 N–H and O–H groups in total. The summed E-state index contributed by atoms with van der Waals surface area (Å²) in [5.74, 6) is -0.483. The van der Waals surface area contributed by atoms with Crippen LogP contribution in [0, 0.1) is 17.2 Å². The van der Waals surface area contributed by atoms with Crippen LogP contribution in [0.15, 0.2) is 0 Å². The van der Waals surface area contributed by atoms with Crippen LogP contribution in [-0.2, 0) is 4.79 Å². The third-order valence-electron chi connectivity index (χ3n) is 4.25. The molecule has 1 saturated heterocycles. The summed E-state index contributed by atoms with van der Waals surface area (Å²) < 4.78 is 0. The Morgan fingerprint density at radius 1 is 1.33 bits per heavy atom. The van der Waals surface area contributed by atoms with Crippen molar-refractivity contribution in [2.75, 3.05) is 19.6 Å². The Kier molecular flexibility index (Phi) is 5.43. The highest BCUT2D eigenvalue weighted by Crippen LogP contribution is 2.29. The SMILES string of the molecule is N#CCCN(C(=O)N1CCCC(CCC(=O)O)C1)C1CC1. The molecule has 116 valence electrons. The standard InChI is InChI=1S/C15H23N3O3/c16-8-2-10-18(13-5-6-13)15(21)17-9-1-3-12(11-17)4-7-14(19)20/h12-13H,1-7,9-11H2,(H,19,20). The van der Waals surface area contributed by atoms with E-state index in [4.69, 9.17) is 10.4 Å². The van der Waals surface area contributed by atoms with E-state index in [1.54, 1.807) is 0 Å². The number of carbonyl (C=O) groups excluding carboxylic acids is 1. The predicted molar refractivity (Wildman–Crippen MR) is 76.5 cm³/mol. The van der Waals surface area contributed by atoms with Gasteiger partial charge in [0.2, 0.25) is 0 Å². The summed E-state index contributed by atoms with van der Waals surface area (Å²) in [5, 5.41) is 17.5. The number of nitriles is 1. The molecule has 2 fully saturated rings. The first kappa shape index (κ1) is 15.6. The van der Waals surface area contributed by atoms with Crippen LogP contribution in [0.1, 0.15) is 44.9 Å². The molecule has 1 unspecified atom stereocenters. The van der Waals surface area contributed by atoms with Crippen molar-refractivity contribution in [1.29, 1.82) is 5.26 Å². The lowest BCUT2D eigenvalue weighted by molar-refractivity contribution is -0.137. The first-order chi connectivity index (χ1) is 10.1. The number of rotatable bonds is 6. The summed E-state index contributed by atoms with van der Waals surface area (Å²) in [5.41, 5.74) is 0. The first-order valence-corrected chi connectivity index (χ1v) is 7.76. The molecule has 1 atom stereocenters. The Morgan fingerprint density at radius 3 is 2.71 bits per heavy atom. The number of aliphatic carboxylic acids is 1. The van der Waals surface area contributed by atoms with Crippen LogP contribution in [-0.4, -0.2) is 52.6 Å². The molecule has 1 aliphatic carbocycles. The van der Waals surface area contributed by atoms with Crippen molar-refractivity contribution in [3.8, 4) is 6.07 Å². The number of piperidine rings is 1. The molecular formula is C15H23N3O3. The van der Waals surface area contributed by atoms with Crippen molar-refractivity contribution in [1.82, 2.24) is 9.80 Å². The lowest BCUT2D eigenvalue weighted by atomic mass is 9.93. The van der Waals surface area contributed by atoms with Gasteiger partial charge in [0.25, 0.3) is 0 Å². The van der Waals surface area contributed by atoms with Crippen molar-refractivity contribution in [2.24, 2.45) is 5.92 Å². The molecule has 6 nitrogen and oxygen atoms in total. The maximum Gasteiger partial charge on any atom is 0.320 e. The van der Waals surface area contributed by atoms with E-state index in [9.17, 15) is 9.59 Å². The highest BCUT2D eigenvalue weighted by atomic mass is 16.4. The smallest absolute Gasteiger partial charge is 0.320 e. The number of nitrogens with zero attached hydrogens (tertiary/aromatic N) is 3. The minimum Gasteiger partial charge on any atom is -0.481 e. The summed E-state index contributed by atoms with van der Waals surface area (Å²) in [6.45, 7) is 1.91. The van der Waals surface area contributed by atoms with Gasteiger partial charge < -0.3 is 14.9 Å². The number of amides is 2. The van der Waals surface area contributed by atoms with Crippen LogP contribution in [0.2, 0.25) is 0 Å². The van der Waals surface area contributed by atoms with Crippen LogP contribution in [0.5, 0.6) is 0 Å². The molecule has 2 amide bonds. The van der Waals surface area contributed by atoms with Crippen LogP contribution in [0.3, 0.4) is 0 Å². The zero-order valence-electron chi connectivity index (χ0n) is 12.3. The van der Waals surface area contributed by atoms with E-state index in [-0.39, 0.29) is 18.4 Å². The number of carboxylic acids is 1. The summed E-state index contributed by atoms with van der Waals surface area (Å²) >= 11 is 0. The number of likely N-dealkylation sites (tertiary alicyclic amines) is 1. The minimum absolute atomic E-state index is 0.0350. The molecule has 6 heteroatoms. The summed E-state index contributed by atoms with van der Waals surface area (Å²) in [6.07, 6.45) is 5.19. The Balaban J connectivity index is 1.88.